The van der Waals surface area contributed by atoms with Crippen molar-refractivity contribution >= 4 is 11.8 Å². The highest BCUT2D eigenvalue weighted by molar-refractivity contribution is 6.05. The van der Waals surface area contributed by atoms with Crippen molar-refractivity contribution in [1.29, 1.82) is 0 Å². The Labute approximate surface area is 101 Å². The molecule has 3 heteroatoms. The third kappa shape index (κ3) is 5.11. The second-order valence-corrected chi connectivity index (χ2v) is 3.89. The Bertz CT molecular complexity index is 407. The monoisotopic (exact) mass is 232 g/mol. The van der Waals surface area contributed by atoms with Gasteiger partial charge in [-0.3, -0.25) is 9.59 Å². The van der Waals surface area contributed by atoms with E-state index in [0.29, 0.717) is 12.0 Å². The van der Waals surface area contributed by atoms with Crippen molar-refractivity contribution in [3.05, 3.63) is 48.0 Å². The topological polar surface area (TPSA) is 43.4 Å². The highest BCUT2D eigenvalue weighted by Gasteiger charge is 2.12. The lowest BCUT2D eigenvalue weighted by molar-refractivity contribution is -0.142. The van der Waals surface area contributed by atoms with Crippen LogP contribution in [0.5, 0.6) is 0 Å². The number of Topliss-reactive ketones (excluding diaryl/α,β-unsaturated/α-hetero) is 1. The van der Waals surface area contributed by atoms with Crippen LogP contribution in [0.1, 0.15) is 30.1 Å². The van der Waals surface area contributed by atoms with Crippen LogP contribution in [0, 0.1) is 0 Å². The molecule has 1 rings (SSSR count). The first-order valence-corrected chi connectivity index (χ1v) is 5.48. The molecule has 0 bridgehead atoms. The van der Waals surface area contributed by atoms with E-state index in [1.165, 1.54) is 0 Å². The van der Waals surface area contributed by atoms with Crippen LogP contribution in [0.2, 0.25) is 0 Å². The van der Waals surface area contributed by atoms with E-state index in [4.69, 9.17) is 4.74 Å². The second kappa shape index (κ2) is 6.63. The molecule has 0 N–H and O–H groups in total. The summed E-state index contributed by atoms with van der Waals surface area (Å²) >= 11 is 0. The highest BCUT2D eigenvalue weighted by Crippen LogP contribution is 2.04. The second-order valence-electron chi connectivity index (χ2n) is 3.89. The molecule has 0 saturated heterocycles. The number of esters is 1. The number of rotatable bonds is 6. The van der Waals surface area contributed by atoms with Crippen molar-refractivity contribution in [1.82, 2.24) is 0 Å². The quantitative estimate of drug-likeness (QED) is 0.328. The van der Waals surface area contributed by atoms with Gasteiger partial charge in [-0.15, -0.1) is 6.58 Å². The Balaban J connectivity index is 2.36. The van der Waals surface area contributed by atoms with Crippen LogP contribution in [0.3, 0.4) is 0 Å². The molecule has 90 valence electrons. The van der Waals surface area contributed by atoms with Crippen LogP contribution in [-0.4, -0.2) is 18.4 Å². The molecule has 0 saturated carbocycles. The third-order valence-corrected chi connectivity index (χ3v) is 2.19. The Kier molecular flexibility index (Phi) is 5.14. The molecule has 0 aliphatic heterocycles. The van der Waals surface area contributed by atoms with Gasteiger partial charge >= 0.3 is 5.97 Å². The van der Waals surface area contributed by atoms with Crippen LogP contribution in [0.15, 0.2) is 42.5 Å². The fourth-order valence-corrected chi connectivity index (χ4v) is 1.25. The van der Waals surface area contributed by atoms with E-state index in [2.05, 4.69) is 6.58 Å². The normalized spacial score (nSPS) is 9.71. The molecule has 3 nitrogen and oxygen atoms in total. The van der Waals surface area contributed by atoms with E-state index in [-0.39, 0.29) is 18.8 Å². The fraction of sp³-hybridized carbons (Fsp3) is 0.286. The van der Waals surface area contributed by atoms with Crippen LogP contribution in [-0.2, 0) is 9.53 Å². The zero-order valence-corrected chi connectivity index (χ0v) is 9.94. The summed E-state index contributed by atoms with van der Waals surface area (Å²) in [6.07, 6.45) is 0.422. The molecule has 0 heterocycles. The number of benzene rings is 1. The summed E-state index contributed by atoms with van der Waals surface area (Å²) in [6.45, 7) is 5.85. The standard InChI is InChI=1S/C14H16O3/c1-11(2)8-9-17-14(16)10-13(15)12-6-4-3-5-7-12/h3-7H,1,8-10H2,2H3. The van der Waals surface area contributed by atoms with E-state index in [1.54, 1.807) is 24.3 Å². The lowest BCUT2D eigenvalue weighted by atomic mass is 10.1. The first kappa shape index (κ1) is 13.2. The van der Waals surface area contributed by atoms with Gasteiger partial charge in [-0.25, -0.2) is 0 Å². The molecule has 0 radical (unpaired) electrons. The summed E-state index contributed by atoms with van der Waals surface area (Å²) < 4.78 is 4.92. The van der Waals surface area contributed by atoms with Gasteiger partial charge in [-0.1, -0.05) is 35.9 Å². The largest absolute Gasteiger partial charge is 0.465 e. The number of hydrogen-bond acceptors (Lipinski definition) is 3. The summed E-state index contributed by atoms with van der Waals surface area (Å²) in [5.41, 5.74) is 1.48. The maximum Gasteiger partial charge on any atom is 0.313 e. The van der Waals surface area contributed by atoms with Crippen molar-refractivity contribution < 1.29 is 14.3 Å². The van der Waals surface area contributed by atoms with Crippen LogP contribution >= 0.6 is 0 Å². The average molecular weight is 232 g/mol. The van der Waals surface area contributed by atoms with E-state index in [9.17, 15) is 9.59 Å². The zero-order chi connectivity index (χ0) is 12.7. The van der Waals surface area contributed by atoms with Crippen molar-refractivity contribution in [2.24, 2.45) is 0 Å². The maximum absolute atomic E-state index is 11.6. The van der Waals surface area contributed by atoms with Crippen LogP contribution < -0.4 is 0 Å². The SMILES string of the molecule is C=C(C)CCOC(=O)CC(=O)c1ccccc1. The number of hydrogen-bond donors (Lipinski definition) is 0. The van der Waals surface area contributed by atoms with Gasteiger partial charge in [-0.05, 0) is 6.92 Å². The van der Waals surface area contributed by atoms with Gasteiger partial charge in [0, 0.05) is 12.0 Å². The van der Waals surface area contributed by atoms with Gasteiger partial charge in [0.1, 0.15) is 6.42 Å². The first-order valence-electron chi connectivity index (χ1n) is 5.48. The molecule has 1 aromatic rings. The van der Waals surface area contributed by atoms with E-state index >= 15 is 0 Å². The lowest BCUT2D eigenvalue weighted by Gasteiger charge is -2.04. The average Bonchev–Trinajstić information content (AvgIpc) is 2.29. The molecule has 0 aliphatic rings. The molecule has 1 aromatic carbocycles. The summed E-state index contributed by atoms with van der Waals surface area (Å²) in [7, 11) is 0. The predicted molar refractivity (Wildman–Crippen MR) is 65.8 cm³/mol. The van der Waals surface area contributed by atoms with Gasteiger partial charge < -0.3 is 4.74 Å². The Morgan fingerprint density at radius 2 is 1.88 bits per heavy atom. The summed E-state index contributed by atoms with van der Waals surface area (Å²) in [6, 6.07) is 8.72. The molecule has 17 heavy (non-hydrogen) atoms. The molecular formula is C14H16O3. The van der Waals surface area contributed by atoms with Crippen molar-refractivity contribution in [3.8, 4) is 0 Å². The number of carbonyl (C=O) groups is 2. The van der Waals surface area contributed by atoms with Gasteiger partial charge in [-0.2, -0.15) is 0 Å². The van der Waals surface area contributed by atoms with Crippen LogP contribution in [0.25, 0.3) is 0 Å². The molecule has 0 aromatic heterocycles. The minimum atomic E-state index is -0.486. The number of carbonyl (C=O) groups excluding carboxylic acids is 2. The third-order valence-electron chi connectivity index (χ3n) is 2.19. The minimum Gasteiger partial charge on any atom is -0.465 e. The maximum atomic E-state index is 11.6. The fourth-order valence-electron chi connectivity index (χ4n) is 1.25. The Morgan fingerprint density at radius 1 is 1.24 bits per heavy atom. The van der Waals surface area contributed by atoms with Gasteiger partial charge in [0.25, 0.3) is 0 Å². The van der Waals surface area contributed by atoms with Crippen LogP contribution in [0.4, 0.5) is 0 Å². The van der Waals surface area contributed by atoms with Crippen molar-refractivity contribution in [2.45, 2.75) is 19.8 Å². The van der Waals surface area contributed by atoms with Crippen molar-refractivity contribution in [2.75, 3.05) is 6.61 Å². The van der Waals surface area contributed by atoms with Gasteiger partial charge in [0.15, 0.2) is 5.78 Å². The summed E-state index contributed by atoms with van der Waals surface area (Å²) in [4.78, 5) is 23.0. The summed E-state index contributed by atoms with van der Waals surface area (Å²) in [5.74, 6) is -0.703. The van der Waals surface area contributed by atoms with E-state index < -0.39 is 5.97 Å². The van der Waals surface area contributed by atoms with Gasteiger partial charge in [0.05, 0.1) is 6.61 Å². The molecular weight excluding hydrogens is 216 g/mol. The molecule has 0 amide bonds. The molecule has 0 fully saturated rings. The Hall–Kier alpha value is -1.90. The number of ketones is 1. The van der Waals surface area contributed by atoms with Gasteiger partial charge in [0.2, 0.25) is 0 Å². The predicted octanol–water partition coefficient (Wildman–Crippen LogP) is 2.77. The first-order chi connectivity index (χ1) is 8.09. The number of ether oxygens (including phenoxy) is 1. The van der Waals surface area contributed by atoms with E-state index in [0.717, 1.165) is 5.57 Å². The minimum absolute atomic E-state index is 0.208. The molecule has 0 aliphatic carbocycles. The smallest absolute Gasteiger partial charge is 0.313 e. The lowest BCUT2D eigenvalue weighted by Crippen LogP contribution is -2.12. The molecule has 0 unspecified atom stereocenters. The molecule has 0 atom stereocenters. The molecule has 0 spiro atoms. The highest BCUT2D eigenvalue weighted by atomic mass is 16.5. The Morgan fingerprint density at radius 3 is 2.47 bits per heavy atom. The van der Waals surface area contributed by atoms with Crippen molar-refractivity contribution in [3.63, 3.8) is 0 Å². The summed E-state index contributed by atoms with van der Waals surface area (Å²) in [5, 5.41) is 0. The zero-order valence-electron chi connectivity index (χ0n) is 9.94. The van der Waals surface area contributed by atoms with E-state index in [1.807, 2.05) is 13.0 Å².